The van der Waals surface area contributed by atoms with Crippen molar-refractivity contribution in [2.45, 2.75) is 39.3 Å². The highest BCUT2D eigenvalue weighted by Gasteiger charge is 2.22. The van der Waals surface area contributed by atoms with Crippen LogP contribution in [0.4, 0.5) is 0 Å². The van der Waals surface area contributed by atoms with E-state index in [2.05, 4.69) is 34.4 Å². The summed E-state index contributed by atoms with van der Waals surface area (Å²) in [5.41, 5.74) is 3.17. The maximum atomic E-state index is 4.42. The van der Waals surface area contributed by atoms with Crippen molar-refractivity contribution in [3.63, 3.8) is 0 Å². The van der Waals surface area contributed by atoms with Crippen LogP contribution < -0.4 is 5.32 Å². The molecule has 2 rings (SSSR count). The van der Waals surface area contributed by atoms with Gasteiger partial charge in [-0.3, -0.25) is 4.90 Å². The van der Waals surface area contributed by atoms with Gasteiger partial charge in [-0.05, 0) is 31.8 Å². The molecule has 1 fully saturated rings. The Morgan fingerprint density at radius 1 is 1.47 bits per heavy atom. The minimum absolute atomic E-state index is 0.725. The molecular formula is C13H23N3S. The summed E-state index contributed by atoms with van der Waals surface area (Å²) in [6.07, 6.45) is 2.55. The van der Waals surface area contributed by atoms with E-state index in [4.69, 9.17) is 0 Å². The number of thiazole rings is 1. The molecule has 1 aromatic heterocycles. The lowest BCUT2D eigenvalue weighted by atomic mass is 10.0. The summed E-state index contributed by atoms with van der Waals surface area (Å²) in [5.74, 6) is 0.725. The van der Waals surface area contributed by atoms with Gasteiger partial charge in [-0.15, -0.1) is 11.3 Å². The first-order valence-corrected chi connectivity index (χ1v) is 7.52. The third kappa shape index (κ3) is 4.05. The smallest absolute Gasteiger partial charge is 0.0795 e. The van der Waals surface area contributed by atoms with Crippen molar-refractivity contribution in [3.8, 4) is 0 Å². The van der Waals surface area contributed by atoms with Gasteiger partial charge in [0.2, 0.25) is 0 Å². The molecule has 0 bridgehead atoms. The van der Waals surface area contributed by atoms with Crippen LogP contribution in [0.3, 0.4) is 0 Å². The fourth-order valence-corrected chi connectivity index (χ4v) is 3.06. The highest BCUT2D eigenvalue weighted by atomic mass is 32.1. The van der Waals surface area contributed by atoms with Gasteiger partial charge in [0.15, 0.2) is 0 Å². The molecule has 0 spiro atoms. The Bertz CT molecular complexity index is 304. The molecule has 0 atom stereocenters. The van der Waals surface area contributed by atoms with Gasteiger partial charge >= 0.3 is 0 Å². The molecule has 0 saturated carbocycles. The molecule has 1 aliphatic rings. The minimum atomic E-state index is 0.725. The van der Waals surface area contributed by atoms with Gasteiger partial charge in [-0.1, -0.05) is 13.8 Å². The van der Waals surface area contributed by atoms with E-state index in [1.54, 1.807) is 11.3 Å². The van der Waals surface area contributed by atoms with Crippen LogP contribution in [-0.2, 0) is 6.54 Å². The second-order valence-electron chi connectivity index (χ2n) is 5.28. The van der Waals surface area contributed by atoms with Gasteiger partial charge in [-0.25, -0.2) is 4.98 Å². The number of hydrogen-bond donors (Lipinski definition) is 1. The van der Waals surface area contributed by atoms with Crippen molar-refractivity contribution in [2.24, 2.45) is 5.92 Å². The maximum Gasteiger partial charge on any atom is 0.0795 e. The number of hydrogen-bond acceptors (Lipinski definition) is 4. The molecule has 0 radical (unpaired) electrons. The Morgan fingerprint density at radius 2 is 2.24 bits per heavy atom. The van der Waals surface area contributed by atoms with Crippen molar-refractivity contribution < 1.29 is 0 Å². The first-order valence-electron chi connectivity index (χ1n) is 6.57. The fraction of sp³-hybridized carbons (Fsp3) is 0.769. The zero-order chi connectivity index (χ0) is 12.1. The molecule has 3 nitrogen and oxygen atoms in total. The third-order valence-electron chi connectivity index (χ3n) is 3.27. The number of rotatable bonds is 5. The van der Waals surface area contributed by atoms with E-state index in [-0.39, 0.29) is 0 Å². The number of aromatic nitrogens is 1. The molecule has 17 heavy (non-hydrogen) atoms. The predicted octanol–water partition coefficient (Wildman–Crippen LogP) is 2.35. The van der Waals surface area contributed by atoms with Crippen molar-refractivity contribution in [2.75, 3.05) is 19.6 Å². The molecule has 1 aromatic rings. The SMILES string of the molecule is CC(C)CN(Cc1cscn1)C1CCNCC1. The van der Waals surface area contributed by atoms with E-state index in [0.29, 0.717) is 0 Å². The average molecular weight is 253 g/mol. The molecule has 0 amide bonds. The maximum absolute atomic E-state index is 4.42. The number of nitrogens with zero attached hydrogens (tertiary/aromatic N) is 2. The van der Waals surface area contributed by atoms with Crippen LogP contribution in [0, 0.1) is 5.92 Å². The number of nitrogens with one attached hydrogen (secondary N) is 1. The molecule has 0 unspecified atom stereocenters. The lowest BCUT2D eigenvalue weighted by Gasteiger charge is -2.35. The lowest BCUT2D eigenvalue weighted by Crippen LogP contribution is -2.44. The zero-order valence-corrected chi connectivity index (χ0v) is 11.7. The fourth-order valence-electron chi connectivity index (χ4n) is 2.51. The van der Waals surface area contributed by atoms with Gasteiger partial charge in [0.05, 0.1) is 11.2 Å². The van der Waals surface area contributed by atoms with Gasteiger partial charge < -0.3 is 5.32 Å². The molecule has 0 aliphatic carbocycles. The topological polar surface area (TPSA) is 28.2 Å². The molecule has 2 heterocycles. The Kier molecular flexibility index (Phi) is 4.95. The minimum Gasteiger partial charge on any atom is -0.317 e. The van der Waals surface area contributed by atoms with E-state index in [9.17, 15) is 0 Å². The van der Waals surface area contributed by atoms with E-state index < -0.39 is 0 Å². The largest absolute Gasteiger partial charge is 0.317 e. The van der Waals surface area contributed by atoms with Gasteiger partial charge in [0.1, 0.15) is 0 Å². The summed E-state index contributed by atoms with van der Waals surface area (Å²) >= 11 is 1.70. The van der Waals surface area contributed by atoms with Crippen LogP contribution >= 0.6 is 11.3 Å². The highest BCUT2D eigenvalue weighted by Crippen LogP contribution is 2.17. The summed E-state index contributed by atoms with van der Waals surface area (Å²) < 4.78 is 0. The summed E-state index contributed by atoms with van der Waals surface area (Å²) in [6.45, 7) is 9.13. The summed E-state index contributed by atoms with van der Waals surface area (Å²) in [6, 6.07) is 0.736. The van der Waals surface area contributed by atoms with Crippen LogP contribution in [0.1, 0.15) is 32.4 Å². The molecule has 0 aromatic carbocycles. The lowest BCUT2D eigenvalue weighted by molar-refractivity contribution is 0.136. The van der Waals surface area contributed by atoms with Crippen molar-refractivity contribution in [1.29, 1.82) is 0 Å². The third-order valence-corrected chi connectivity index (χ3v) is 3.91. The van der Waals surface area contributed by atoms with Crippen LogP contribution in [0.25, 0.3) is 0 Å². The van der Waals surface area contributed by atoms with E-state index >= 15 is 0 Å². The standard InChI is InChI=1S/C13H23N3S/c1-11(2)7-16(8-12-9-17-10-15-12)13-3-5-14-6-4-13/h9-11,13-14H,3-8H2,1-2H3. The molecule has 1 aliphatic heterocycles. The Hall–Kier alpha value is -0.450. The monoisotopic (exact) mass is 253 g/mol. The quantitative estimate of drug-likeness (QED) is 0.873. The van der Waals surface area contributed by atoms with Crippen molar-refractivity contribution in [3.05, 3.63) is 16.6 Å². The summed E-state index contributed by atoms with van der Waals surface area (Å²) in [5, 5.41) is 5.62. The zero-order valence-electron chi connectivity index (χ0n) is 10.9. The average Bonchev–Trinajstić information content (AvgIpc) is 2.82. The Balaban J connectivity index is 1.96. The van der Waals surface area contributed by atoms with Gasteiger partial charge in [-0.2, -0.15) is 0 Å². The van der Waals surface area contributed by atoms with Crippen molar-refractivity contribution in [1.82, 2.24) is 15.2 Å². The van der Waals surface area contributed by atoms with Crippen LogP contribution in [-0.4, -0.2) is 35.6 Å². The van der Waals surface area contributed by atoms with Crippen LogP contribution in [0.5, 0.6) is 0 Å². The van der Waals surface area contributed by atoms with E-state index in [0.717, 1.165) is 31.6 Å². The summed E-state index contributed by atoms with van der Waals surface area (Å²) in [4.78, 5) is 7.04. The van der Waals surface area contributed by atoms with E-state index in [1.807, 2.05) is 5.51 Å². The molecule has 96 valence electrons. The Morgan fingerprint density at radius 3 is 2.82 bits per heavy atom. The first kappa shape index (κ1) is 13.0. The van der Waals surface area contributed by atoms with Crippen LogP contribution in [0.2, 0.25) is 0 Å². The first-order chi connectivity index (χ1) is 8.25. The second kappa shape index (κ2) is 6.47. The molecule has 1 saturated heterocycles. The summed E-state index contributed by atoms with van der Waals surface area (Å²) in [7, 11) is 0. The second-order valence-corrected chi connectivity index (χ2v) is 6.00. The molecule has 4 heteroatoms. The van der Waals surface area contributed by atoms with Gasteiger partial charge in [0.25, 0.3) is 0 Å². The molecule has 1 N–H and O–H groups in total. The van der Waals surface area contributed by atoms with Crippen molar-refractivity contribution >= 4 is 11.3 Å². The number of piperidine rings is 1. The molecular weight excluding hydrogens is 230 g/mol. The normalized spacial score (nSPS) is 18.1. The van der Waals surface area contributed by atoms with Crippen LogP contribution in [0.15, 0.2) is 10.9 Å². The predicted molar refractivity (Wildman–Crippen MR) is 73.3 cm³/mol. The highest BCUT2D eigenvalue weighted by molar-refractivity contribution is 7.07. The van der Waals surface area contributed by atoms with E-state index in [1.165, 1.54) is 25.1 Å². The Labute approximate surface area is 108 Å². The van der Waals surface area contributed by atoms with Gasteiger partial charge in [0, 0.05) is 24.5 Å².